The Morgan fingerprint density at radius 2 is 1.67 bits per heavy atom. The second-order valence-corrected chi connectivity index (χ2v) is 5.49. The number of carbonyl (C=O) groups is 1. The summed E-state index contributed by atoms with van der Waals surface area (Å²) in [7, 11) is 0. The van der Waals surface area contributed by atoms with Crippen molar-refractivity contribution in [1.29, 1.82) is 0 Å². The van der Waals surface area contributed by atoms with Crippen LogP contribution in [0.1, 0.15) is 6.42 Å². The number of nitrogens with one attached hydrogen (secondary N) is 1. The fraction of sp³-hybridized carbons (Fsp3) is 0.500. The van der Waals surface area contributed by atoms with E-state index in [1.807, 2.05) is 29.2 Å². The Morgan fingerprint density at radius 1 is 1.05 bits per heavy atom. The number of amides is 1. The van der Waals surface area contributed by atoms with Crippen LogP contribution in [0.25, 0.3) is 0 Å². The first-order valence-corrected chi connectivity index (χ1v) is 7.15. The molecule has 7 heteroatoms. The molecule has 2 fully saturated rings. The molecule has 0 spiro atoms. The number of halogens is 3. The molecule has 0 aromatic heterocycles. The molecular formula is C14H20Cl3N3O. The van der Waals surface area contributed by atoms with Crippen molar-refractivity contribution in [2.75, 3.05) is 37.6 Å². The van der Waals surface area contributed by atoms with Crippen LogP contribution in [0.3, 0.4) is 0 Å². The molecule has 1 aromatic carbocycles. The first-order valence-electron chi connectivity index (χ1n) is 6.77. The van der Waals surface area contributed by atoms with Gasteiger partial charge in [-0.25, -0.2) is 0 Å². The summed E-state index contributed by atoms with van der Waals surface area (Å²) in [6.07, 6.45) is 0.918. The summed E-state index contributed by atoms with van der Waals surface area (Å²) in [5.74, 6) is 0.226. The topological polar surface area (TPSA) is 35.6 Å². The summed E-state index contributed by atoms with van der Waals surface area (Å²) < 4.78 is 0. The predicted molar refractivity (Wildman–Crippen MR) is 91.1 cm³/mol. The highest BCUT2D eigenvalue weighted by atomic mass is 35.5. The van der Waals surface area contributed by atoms with E-state index in [1.54, 1.807) is 0 Å². The van der Waals surface area contributed by atoms with Crippen LogP contribution in [0.2, 0.25) is 5.02 Å². The van der Waals surface area contributed by atoms with Crippen LogP contribution in [0, 0.1) is 0 Å². The molecule has 2 saturated heterocycles. The van der Waals surface area contributed by atoms with Gasteiger partial charge in [-0.05, 0) is 30.7 Å². The van der Waals surface area contributed by atoms with Gasteiger partial charge in [0.15, 0.2) is 0 Å². The monoisotopic (exact) mass is 351 g/mol. The Bertz CT molecular complexity index is 463. The first kappa shape index (κ1) is 18.5. The minimum absolute atomic E-state index is 0. The van der Waals surface area contributed by atoms with Gasteiger partial charge in [0.05, 0.1) is 6.04 Å². The summed E-state index contributed by atoms with van der Waals surface area (Å²) in [5.41, 5.74) is 0.951. The van der Waals surface area contributed by atoms with Gasteiger partial charge in [-0.15, -0.1) is 24.8 Å². The van der Waals surface area contributed by atoms with Crippen molar-refractivity contribution in [3.05, 3.63) is 29.3 Å². The Balaban J connectivity index is 0.00000110. The third-order valence-corrected chi connectivity index (χ3v) is 4.16. The van der Waals surface area contributed by atoms with E-state index in [9.17, 15) is 4.79 Å². The number of carbonyl (C=O) groups excluding carboxylic acids is 1. The lowest BCUT2D eigenvalue weighted by Gasteiger charge is -2.31. The molecule has 1 unspecified atom stereocenters. The number of nitrogens with zero attached hydrogens (tertiary/aromatic N) is 2. The molecule has 0 bridgehead atoms. The van der Waals surface area contributed by atoms with Gasteiger partial charge in [-0.3, -0.25) is 9.69 Å². The highest BCUT2D eigenvalue weighted by Crippen LogP contribution is 2.25. The number of hydrogen-bond acceptors (Lipinski definition) is 3. The van der Waals surface area contributed by atoms with Crippen molar-refractivity contribution >= 4 is 48.0 Å². The molecule has 0 saturated carbocycles. The standard InChI is InChI=1S/C14H18ClN3O.2ClH/c15-11-1-3-12(4-2-11)18-8-5-13(14(18)19)17-9-6-16-7-10-17;;/h1-4,13,16H,5-10H2;2*1H. The molecule has 1 atom stereocenters. The summed E-state index contributed by atoms with van der Waals surface area (Å²) in [4.78, 5) is 16.7. The van der Waals surface area contributed by atoms with E-state index in [4.69, 9.17) is 11.6 Å². The first-order chi connectivity index (χ1) is 9.25. The quantitative estimate of drug-likeness (QED) is 0.886. The van der Waals surface area contributed by atoms with Crippen molar-refractivity contribution in [3.8, 4) is 0 Å². The molecule has 1 amide bonds. The molecule has 21 heavy (non-hydrogen) atoms. The van der Waals surface area contributed by atoms with E-state index in [1.165, 1.54) is 0 Å². The lowest BCUT2D eigenvalue weighted by molar-refractivity contribution is -0.121. The molecule has 2 aliphatic heterocycles. The lowest BCUT2D eigenvalue weighted by atomic mass is 10.2. The molecule has 118 valence electrons. The average Bonchev–Trinajstić information content (AvgIpc) is 2.83. The fourth-order valence-electron chi connectivity index (χ4n) is 2.87. The van der Waals surface area contributed by atoms with Crippen LogP contribution in [0.5, 0.6) is 0 Å². The number of anilines is 1. The van der Waals surface area contributed by atoms with E-state index >= 15 is 0 Å². The summed E-state index contributed by atoms with van der Waals surface area (Å²) in [6, 6.07) is 7.56. The maximum atomic E-state index is 12.5. The smallest absolute Gasteiger partial charge is 0.244 e. The Hall–Kier alpha value is -0.520. The average molecular weight is 353 g/mol. The van der Waals surface area contributed by atoms with Gasteiger partial charge in [0.1, 0.15) is 0 Å². The van der Waals surface area contributed by atoms with E-state index in [2.05, 4.69) is 10.2 Å². The predicted octanol–water partition coefficient (Wildman–Crippen LogP) is 2.19. The Morgan fingerprint density at radius 3 is 2.29 bits per heavy atom. The zero-order valence-corrected chi connectivity index (χ0v) is 14.0. The number of hydrogen-bond donors (Lipinski definition) is 1. The normalized spacial score (nSPS) is 22.6. The third-order valence-electron chi connectivity index (χ3n) is 3.91. The minimum Gasteiger partial charge on any atom is -0.314 e. The maximum absolute atomic E-state index is 12.5. The summed E-state index contributed by atoms with van der Waals surface area (Å²) in [6.45, 7) is 4.68. The van der Waals surface area contributed by atoms with Crippen molar-refractivity contribution in [3.63, 3.8) is 0 Å². The van der Waals surface area contributed by atoms with Crippen LogP contribution >= 0.6 is 36.4 Å². The van der Waals surface area contributed by atoms with Gasteiger partial charge in [0.25, 0.3) is 0 Å². The van der Waals surface area contributed by atoms with Crippen LogP contribution < -0.4 is 10.2 Å². The Labute approximate surface area is 142 Å². The SMILES string of the molecule is Cl.Cl.O=C1C(N2CCNCC2)CCN1c1ccc(Cl)cc1. The van der Waals surface area contributed by atoms with Gasteiger partial charge in [-0.1, -0.05) is 11.6 Å². The van der Waals surface area contributed by atoms with Gasteiger partial charge >= 0.3 is 0 Å². The van der Waals surface area contributed by atoms with Gasteiger partial charge in [0, 0.05) is 43.4 Å². The molecule has 2 aliphatic rings. The highest BCUT2D eigenvalue weighted by Gasteiger charge is 2.36. The summed E-state index contributed by atoms with van der Waals surface area (Å²) >= 11 is 5.89. The largest absolute Gasteiger partial charge is 0.314 e. The lowest BCUT2D eigenvalue weighted by Crippen LogP contribution is -2.51. The van der Waals surface area contributed by atoms with Gasteiger partial charge in [-0.2, -0.15) is 0 Å². The van der Waals surface area contributed by atoms with E-state index < -0.39 is 0 Å². The zero-order chi connectivity index (χ0) is 13.2. The van der Waals surface area contributed by atoms with Gasteiger partial charge in [0.2, 0.25) is 5.91 Å². The fourth-order valence-corrected chi connectivity index (χ4v) is 3.00. The third kappa shape index (κ3) is 4.02. The van der Waals surface area contributed by atoms with Crippen molar-refractivity contribution in [2.24, 2.45) is 0 Å². The molecule has 4 nitrogen and oxygen atoms in total. The second kappa shape index (κ2) is 8.20. The number of piperazine rings is 1. The van der Waals surface area contributed by atoms with E-state index in [0.29, 0.717) is 5.02 Å². The van der Waals surface area contributed by atoms with Crippen molar-refractivity contribution < 1.29 is 4.79 Å². The van der Waals surface area contributed by atoms with Gasteiger partial charge < -0.3 is 10.2 Å². The molecule has 0 radical (unpaired) electrons. The molecule has 1 aromatic rings. The van der Waals surface area contributed by atoms with E-state index in [-0.39, 0.29) is 36.8 Å². The highest BCUT2D eigenvalue weighted by molar-refractivity contribution is 6.30. The summed E-state index contributed by atoms with van der Waals surface area (Å²) in [5, 5.41) is 4.02. The van der Waals surface area contributed by atoms with Crippen molar-refractivity contribution in [2.45, 2.75) is 12.5 Å². The van der Waals surface area contributed by atoms with Crippen LogP contribution in [-0.4, -0.2) is 49.6 Å². The van der Waals surface area contributed by atoms with Crippen LogP contribution in [0.4, 0.5) is 5.69 Å². The molecule has 2 heterocycles. The Kier molecular flexibility index (Phi) is 7.24. The molecule has 1 N–H and O–H groups in total. The van der Waals surface area contributed by atoms with Crippen LogP contribution in [0.15, 0.2) is 24.3 Å². The maximum Gasteiger partial charge on any atom is 0.244 e. The minimum atomic E-state index is 0. The molecule has 3 rings (SSSR count). The molecule has 0 aliphatic carbocycles. The van der Waals surface area contributed by atoms with Crippen molar-refractivity contribution in [1.82, 2.24) is 10.2 Å². The number of benzene rings is 1. The zero-order valence-electron chi connectivity index (χ0n) is 11.6. The second-order valence-electron chi connectivity index (χ2n) is 5.06. The number of rotatable bonds is 2. The van der Waals surface area contributed by atoms with Crippen LogP contribution in [-0.2, 0) is 4.79 Å². The van der Waals surface area contributed by atoms with E-state index in [0.717, 1.165) is 44.8 Å². The molecular weight excluding hydrogens is 333 g/mol.